The molecule has 0 aromatic heterocycles. The van der Waals surface area contributed by atoms with Gasteiger partial charge in [-0.1, -0.05) is 140 Å². The van der Waals surface area contributed by atoms with Gasteiger partial charge in [-0.15, -0.1) is 24.8 Å². The van der Waals surface area contributed by atoms with Crippen LogP contribution in [0.15, 0.2) is 150 Å². The highest BCUT2D eigenvalue weighted by Gasteiger charge is 2.27. The number of guanidine groups is 2. The first-order valence-corrected chi connectivity index (χ1v) is 22.0. The molecule has 5 rings (SSSR count). The van der Waals surface area contributed by atoms with Crippen LogP contribution in [-0.2, 0) is 43.4 Å². The molecule has 0 aliphatic carbocycles. The van der Waals surface area contributed by atoms with Crippen LogP contribution in [0.4, 0.5) is 4.79 Å². The molecule has 0 unspecified atom stereocenters. The molecule has 5 aromatic carbocycles. The summed E-state index contributed by atoms with van der Waals surface area (Å²) in [4.78, 5) is 69.6. The topological polar surface area (TPSA) is 338 Å². The fraction of sp³-hybridized carbons (Fsp3) is 0.260. The van der Waals surface area contributed by atoms with Gasteiger partial charge in [-0.05, 0) is 71.0 Å². The minimum atomic E-state index is -1.02. The molecule has 0 radical (unpaired) electrons. The summed E-state index contributed by atoms with van der Waals surface area (Å²) in [6, 6.07) is 41.0. The number of alkyl carbamates (subject to hydrolysis) is 1. The van der Waals surface area contributed by atoms with Gasteiger partial charge in [0, 0.05) is 19.5 Å². The van der Waals surface area contributed by atoms with E-state index in [0.29, 0.717) is 32.2 Å². The van der Waals surface area contributed by atoms with E-state index in [-0.39, 0.29) is 62.7 Å². The normalized spacial score (nSPS) is 11.9. The number of nitrogens with zero attached hydrogens (tertiary/aromatic N) is 2. The molecule has 0 fully saturated rings. The van der Waals surface area contributed by atoms with Gasteiger partial charge in [-0.3, -0.25) is 29.2 Å². The van der Waals surface area contributed by atoms with Gasteiger partial charge in [-0.2, -0.15) is 0 Å². The molecule has 0 saturated carbocycles. The highest BCUT2D eigenvalue weighted by Crippen LogP contribution is 2.21. The average molecular weight is 1000 g/mol. The Labute approximate surface area is 420 Å². The lowest BCUT2D eigenvalue weighted by Crippen LogP contribution is -2.53. The average Bonchev–Trinajstić information content (AvgIpc) is 3.33. The summed E-state index contributed by atoms with van der Waals surface area (Å²) in [6.07, 6.45) is 1.24. The van der Waals surface area contributed by atoms with E-state index in [0.717, 1.165) is 38.9 Å². The first-order valence-electron chi connectivity index (χ1n) is 22.0. The van der Waals surface area contributed by atoms with Crippen molar-refractivity contribution >= 4 is 66.5 Å². The molecule has 70 heavy (non-hydrogen) atoms. The van der Waals surface area contributed by atoms with Crippen LogP contribution in [0.25, 0.3) is 22.3 Å². The number of amides is 5. The van der Waals surface area contributed by atoms with Crippen LogP contribution >= 0.6 is 24.8 Å². The van der Waals surface area contributed by atoms with Crippen LogP contribution in [-0.4, -0.2) is 78.9 Å². The van der Waals surface area contributed by atoms with Crippen LogP contribution in [0.2, 0.25) is 0 Å². The van der Waals surface area contributed by atoms with E-state index in [9.17, 15) is 24.0 Å². The number of primary amides is 2. The Morgan fingerprint density at radius 1 is 0.457 bits per heavy atom. The van der Waals surface area contributed by atoms with E-state index in [2.05, 4.69) is 25.9 Å². The standard InChI is InChI=1S/C29H34N6O4.C21H28N6O2.2ClH/c30-26(36)24(12-7-17-33-28(31)32)34-27(37)25(35-29(38)39-19-21-8-3-1-4-9-21)18-20-13-15-23(16-14-20)22-10-5-2-6-11-22;22-17(20(29)27-18(19(23)28)7-4-12-26-21(24)25)13-14-8-10-16(11-9-14)15-5-2-1-3-6-15;;/h1-6,8-11,13-16,24-25H,7,12,17-19H2,(H2,30,36)(H,34,37)(H,35,38)(H4,31,32,33);1-3,5-6,8-11,17-18H,4,7,12-13,22H2,(H2,23,28)(H,27,29)(H4,24,25,26);2*1H/t24-,25-;17-,18-;;/m11../s1. The molecule has 374 valence electrons. The highest BCUT2D eigenvalue weighted by atomic mass is 35.5. The molecular weight excluding hydrogens is 936 g/mol. The SMILES string of the molecule is Cl.Cl.NC(=O)[C@@H](CCCN=C(N)N)NC(=O)[C@@H](Cc1ccc(-c2ccccc2)cc1)NC(=O)OCc1ccccc1.NC(=O)[C@@H](CCCN=C(N)N)NC(=O)[C@H](N)Cc1ccc(-c2ccccc2)cc1. The molecule has 18 nitrogen and oxygen atoms in total. The molecule has 0 aliphatic heterocycles. The maximum Gasteiger partial charge on any atom is 0.408 e. The lowest BCUT2D eigenvalue weighted by molar-refractivity contribution is -0.128. The molecule has 0 aliphatic rings. The van der Waals surface area contributed by atoms with Crippen molar-refractivity contribution < 1.29 is 28.7 Å². The van der Waals surface area contributed by atoms with Gasteiger partial charge in [-0.25, -0.2) is 4.79 Å². The quantitative estimate of drug-likeness (QED) is 0.0257. The van der Waals surface area contributed by atoms with Crippen LogP contribution in [0.5, 0.6) is 0 Å². The number of carbonyl (C=O) groups is 5. The van der Waals surface area contributed by atoms with Crippen LogP contribution in [0.3, 0.4) is 0 Å². The molecule has 5 aromatic rings. The molecule has 20 heteroatoms. The first kappa shape index (κ1) is 58.5. The number of hydrogen-bond donors (Lipinski definition) is 10. The predicted molar refractivity (Wildman–Crippen MR) is 279 cm³/mol. The minimum Gasteiger partial charge on any atom is -0.445 e. The van der Waals surface area contributed by atoms with Crippen molar-refractivity contribution in [2.45, 2.75) is 69.3 Å². The number of rotatable bonds is 23. The largest absolute Gasteiger partial charge is 0.445 e. The van der Waals surface area contributed by atoms with Gasteiger partial charge in [0.25, 0.3) is 0 Å². The lowest BCUT2D eigenvalue weighted by Gasteiger charge is -2.22. The summed E-state index contributed by atoms with van der Waals surface area (Å²) in [6.45, 7) is 0.673. The first-order chi connectivity index (χ1) is 32.7. The number of ether oxygens (including phenoxy) is 1. The molecule has 0 heterocycles. The summed E-state index contributed by atoms with van der Waals surface area (Å²) >= 11 is 0. The Bertz CT molecular complexity index is 2430. The van der Waals surface area contributed by atoms with Crippen molar-refractivity contribution in [2.24, 2.45) is 50.1 Å². The Kier molecular flexibility index (Phi) is 26.2. The van der Waals surface area contributed by atoms with Crippen molar-refractivity contribution in [3.8, 4) is 22.3 Å². The fourth-order valence-corrected chi connectivity index (χ4v) is 6.76. The van der Waals surface area contributed by atoms with Gasteiger partial charge in [0.15, 0.2) is 11.9 Å². The number of carbonyl (C=O) groups excluding carboxylic acids is 5. The van der Waals surface area contributed by atoms with Crippen molar-refractivity contribution in [3.63, 3.8) is 0 Å². The number of halogens is 2. The van der Waals surface area contributed by atoms with E-state index in [1.807, 2.05) is 140 Å². The van der Waals surface area contributed by atoms with Crippen LogP contribution in [0, 0.1) is 0 Å². The monoisotopic (exact) mass is 998 g/mol. The Hall–Kier alpha value is -7.67. The van der Waals surface area contributed by atoms with Gasteiger partial charge in [0.05, 0.1) is 6.04 Å². The fourth-order valence-electron chi connectivity index (χ4n) is 6.76. The minimum absolute atomic E-state index is 0. The van der Waals surface area contributed by atoms with Crippen molar-refractivity contribution in [2.75, 3.05) is 13.1 Å². The van der Waals surface area contributed by atoms with Crippen LogP contribution < -0.4 is 56.1 Å². The third kappa shape index (κ3) is 21.5. The zero-order valence-corrected chi connectivity index (χ0v) is 40.3. The second-order valence-electron chi connectivity index (χ2n) is 15.7. The maximum absolute atomic E-state index is 13.2. The van der Waals surface area contributed by atoms with E-state index >= 15 is 0 Å². The number of aliphatic imine (C=N–C) groups is 2. The molecule has 17 N–H and O–H groups in total. The Morgan fingerprint density at radius 2 is 0.843 bits per heavy atom. The number of nitrogens with two attached hydrogens (primary N) is 7. The molecular formula is C50H64Cl2N12O6. The molecule has 0 spiro atoms. The maximum atomic E-state index is 13.2. The van der Waals surface area contributed by atoms with Crippen LogP contribution in [0.1, 0.15) is 42.4 Å². The van der Waals surface area contributed by atoms with E-state index in [1.54, 1.807) is 0 Å². The molecule has 0 bridgehead atoms. The third-order valence-electron chi connectivity index (χ3n) is 10.4. The van der Waals surface area contributed by atoms with E-state index in [4.69, 9.17) is 44.9 Å². The van der Waals surface area contributed by atoms with Crippen molar-refractivity contribution in [1.29, 1.82) is 0 Å². The summed E-state index contributed by atoms with van der Waals surface area (Å²) < 4.78 is 5.32. The summed E-state index contributed by atoms with van der Waals surface area (Å²) in [5, 5.41) is 7.89. The number of benzene rings is 5. The molecule has 0 saturated heterocycles. The summed E-state index contributed by atoms with van der Waals surface area (Å²) in [5.41, 5.74) is 44.9. The Balaban J connectivity index is 0.000000486. The zero-order valence-electron chi connectivity index (χ0n) is 38.7. The van der Waals surface area contributed by atoms with Gasteiger partial charge < -0.3 is 60.8 Å². The second-order valence-corrected chi connectivity index (χ2v) is 15.7. The van der Waals surface area contributed by atoms with Crippen molar-refractivity contribution in [1.82, 2.24) is 16.0 Å². The lowest BCUT2D eigenvalue weighted by atomic mass is 10.00. The number of nitrogens with one attached hydrogen (secondary N) is 3. The summed E-state index contributed by atoms with van der Waals surface area (Å²) in [7, 11) is 0. The zero-order chi connectivity index (χ0) is 49.3. The third-order valence-corrected chi connectivity index (χ3v) is 10.4. The smallest absolute Gasteiger partial charge is 0.408 e. The highest BCUT2D eigenvalue weighted by molar-refractivity contribution is 5.91. The second kappa shape index (κ2) is 31.4. The van der Waals surface area contributed by atoms with E-state index in [1.165, 1.54) is 0 Å². The predicted octanol–water partition coefficient (Wildman–Crippen LogP) is 3.31. The van der Waals surface area contributed by atoms with Gasteiger partial charge in [0.2, 0.25) is 23.6 Å². The molecule has 5 amide bonds. The van der Waals surface area contributed by atoms with Gasteiger partial charge in [0.1, 0.15) is 24.7 Å². The molecule has 4 atom stereocenters. The summed E-state index contributed by atoms with van der Waals surface area (Å²) in [5.74, 6) is -2.41. The van der Waals surface area contributed by atoms with E-state index < -0.39 is 53.9 Å². The van der Waals surface area contributed by atoms with Gasteiger partial charge >= 0.3 is 6.09 Å². The van der Waals surface area contributed by atoms with Crippen molar-refractivity contribution in [3.05, 3.63) is 156 Å². The Morgan fingerprint density at radius 3 is 1.26 bits per heavy atom. The number of hydrogen-bond acceptors (Lipinski definition) is 9.